The van der Waals surface area contributed by atoms with E-state index in [2.05, 4.69) is 114 Å². The summed E-state index contributed by atoms with van der Waals surface area (Å²) in [6.45, 7) is 12.9. The molecular weight excluding hydrogens is 468 g/mol. The van der Waals surface area contributed by atoms with E-state index in [1.54, 1.807) is 12.5 Å². The molecule has 2 aromatic heterocycles. The van der Waals surface area contributed by atoms with Crippen LogP contribution in [0.15, 0.2) is 94.2 Å². The Bertz CT molecular complexity index is 1660. The van der Waals surface area contributed by atoms with Gasteiger partial charge in [0.1, 0.15) is 12.5 Å². The molecule has 38 heavy (non-hydrogen) atoms. The lowest BCUT2D eigenvalue weighted by molar-refractivity contribution is 0.543. The molecule has 0 bridgehead atoms. The Balaban J connectivity index is 1.72. The SMILES string of the molecule is CC(C)(C)c1coc(-c2ccc3ccccc3c2-c2c(-c3nc(C(C)(C)C)co3)ccc3ccccc23)n1. The Morgan fingerprint density at radius 3 is 1.26 bits per heavy atom. The molecule has 0 amide bonds. The molecule has 4 nitrogen and oxygen atoms in total. The Morgan fingerprint density at radius 2 is 0.895 bits per heavy atom. The summed E-state index contributed by atoms with van der Waals surface area (Å²) in [5.74, 6) is 1.22. The molecule has 0 aliphatic heterocycles. The van der Waals surface area contributed by atoms with Crippen LogP contribution in [0.3, 0.4) is 0 Å². The molecule has 0 atom stereocenters. The third-order valence-corrected chi connectivity index (χ3v) is 7.11. The zero-order valence-electron chi connectivity index (χ0n) is 22.8. The van der Waals surface area contributed by atoms with E-state index < -0.39 is 0 Å². The van der Waals surface area contributed by atoms with Crippen LogP contribution in [-0.2, 0) is 10.8 Å². The second kappa shape index (κ2) is 8.70. The van der Waals surface area contributed by atoms with E-state index in [4.69, 9.17) is 18.8 Å². The number of aromatic nitrogens is 2. The zero-order valence-corrected chi connectivity index (χ0v) is 22.8. The van der Waals surface area contributed by atoms with Crippen LogP contribution in [0.5, 0.6) is 0 Å². The van der Waals surface area contributed by atoms with Crippen LogP contribution >= 0.6 is 0 Å². The van der Waals surface area contributed by atoms with Crippen molar-refractivity contribution in [3.05, 3.63) is 96.7 Å². The van der Waals surface area contributed by atoms with Gasteiger partial charge < -0.3 is 8.83 Å². The third-order valence-electron chi connectivity index (χ3n) is 7.11. The average Bonchev–Trinajstić information content (AvgIpc) is 3.58. The molecular formula is C34H32N2O2. The van der Waals surface area contributed by atoms with Crippen molar-refractivity contribution in [3.63, 3.8) is 0 Å². The number of hydrogen-bond acceptors (Lipinski definition) is 4. The lowest BCUT2D eigenvalue weighted by Crippen LogP contribution is -2.11. The predicted molar refractivity (Wildman–Crippen MR) is 155 cm³/mol. The largest absolute Gasteiger partial charge is 0.444 e. The molecule has 0 N–H and O–H groups in total. The second-order valence-corrected chi connectivity index (χ2v) is 12.0. The molecule has 0 saturated heterocycles. The predicted octanol–water partition coefficient (Wildman–Crippen LogP) is 9.56. The fraction of sp³-hybridized carbons (Fsp3) is 0.235. The van der Waals surface area contributed by atoms with Crippen molar-refractivity contribution in [3.8, 4) is 34.0 Å². The summed E-state index contributed by atoms with van der Waals surface area (Å²) in [5, 5.41) is 4.55. The molecule has 0 spiro atoms. The molecule has 190 valence electrons. The first-order chi connectivity index (χ1) is 18.1. The Morgan fingerprint density at radius 1 is 0.500 bits per heavy atom. The fourth-order valence-electron chi connectivity index (χ4n) is 4.92. The van der Waals surface area contributed by atoms with Gasteiger partial charge in [0, 0.05) is 33.1 Å². The van der Waals surface area contributed by atoms with E-state index in [9.17, 15) is 0 Å². The summed E-state index contributed by atoms with van der Waals surface area (Å²) in [7, 11) is 0. The summed E-state index contributed by atoms with van der Waals surface area (Å²) < 4.78 is 12.3. The van der Waals surface area contributed by atoms with Crippen molar-refractivity contribution in [2.75, 3.05) is 0 Å². The monoisotopic (exact) mass is 500 g/mol. The number of rotatable bonds is 3. The number of fused-ring (bicyclic) bond motifs is 2. The highest BCUT2D eigenvalue weighted by Gasteiger charge is 2.26. The molecule has 0 aliphatic carbocycles. The van der Waals surface area contributed by atoms with Gasteiger partial charge >= 0.3 is 0 Å². The first-order valence-electron chi connectivity index (χ1n) is 13.1. The van der Waals surface area contributed by atoms with Gasteiger partial charge in [0.25, 0.3) is 0 Å². The van der Waals surface area contributed by atoms with E-state index in [0.717, 1.165) is 55.2 Å². The minimum Gasteiger partial charge on any atom is -0.444 e. The Labute approximate surface area is 223 Å². The molecule has 0 fully saturated rings. The Kier molecular flexibility index (Phi) is 5.53. The molecule has 4 heteroatoms. The number of oxazole rings is 2. The topological polar surface area (TPSA) is 52.1 Å². The van der Waals surface area contributed by atoms with E-state index in [0.29, 0.717) is 11.8 Å². The standard InChI is InChI=1S/C34H32N2O2/c1-33(2,3)27-19-37-31(35-27)25-17-15-21-11-7-9-13-23(21)29(25)30-24-14-10-8-12-22(24)16-18-26(30)32-36-28(20-38-32)34(4,5)6/h7-20H,1-6H3. The van der Waals surface area contributed by atoms with Gasteiger partial charge in [-0.05, 0) is 33.7 Å². The van der Waals surface area contributed by atoms with Gasteiger partial charge in [0.2, 0.25) is 11.8 Å². The van der Waals surface area contributed by atoms with E-state index in [-0.39, 0.29) is 10.8 Å². The fourth-order valence-corrected chi connectivity index (χ4v) is 4.92. The van der Waals surface area contributed by atoms with Crippen molar-refractivity contribution in [1.29, 1.82) is 0 Å². The summed E-state index contributed by atoms with van der Waals surface area (Å²) in [4.78, 5) is 9.92. The van der Waals surface area contributed by atoms with Crippen molar-refractivity contribution in [2.45, 2.75) is 52.4 Å². The maximum absolute atomic E-state index is 6.14. The van der Waals surface area contributed by atoms with Crippen LogP contribution in [0, 0.1) is 0 Å². The van der Waals surface area contributed by atoms with Crippen LogP contribution in [0.25, 0.3) is 55.6 Å². The van der Waals surface area contributed by atoms with Gasteiger partial charge in [-0.15, -0.1) is 0 Å². The average molecular weight is 501 g/mol. The van der Waals surface area contributed by atoms with Gasteiger partial charge in [-0.1, -0.05) is 102 Å². The smallest absolute Gasteiger partial charge is 0.226 e. The highest BCUT2D eigenvalue weighted by Crippen LogP contribution is 2.46. The molecule has 6 rings (SSSR count). The molecule has 0 radical (unpaired) electrons. The lowest BCUT2D eigenvalue weighted by atomic mass is 9.86. The zero-order chi connectivity index (χ0) is 26.7. The first kappa shape index (κ1) is 24.2. The van der Waals surface area contributed by atoms with Crippen LogP contribution in [0.2, 0.25) is 0 Å². The number of nitrogens with zero attached hydrogens (tertiary/aromatic N) is 2. The highest BCUT2D eigenvalue weighted by molar-refractivity contribution is 6.13. The Hall–Kier alpha value is -4.18. The van der Waals surface area contributed by atoms with Gasteiger partial charge in [-0.3, -0.25) is 0 Å². The maximum atomic E-state index is 6.14. The molecule has 0 aliphatic rings. The van der Waals surface area contributed by atoms with Crippen molar-refractivity contribution in [1.82, 2.24) is 9.97 Å². The molecule has 2 heterocycles. The quantitative estimate of drug-likeness (QED) is 0.243. The van der Waals surface area contributed by atoms with Gasteiger partial charge in [-0.2, -0.15) is 0 Å². The van der Waals surface area contributed by atoms with Crippen molar-refractivity contribution < 1.29 is 8.83 Å². The van der Waals surface area contributed by atoms with Crippen molar-refractivity contribution >= 4 is 21.5 Å². The number of hydrogen-bond donors (Lipinski definition) is 0. The molecule has 0 unspecified atom stereocenters. The summed E-state index contributed by atoms with van der Waals surface area (Å²) in [6, 6.07) is 25.5. The van der Waals surface area contributed by atoms with E-state index in [1.807, 2.05) is 0 Å². The van der Waals surface area contributed by atoms with Crippen molar-refractivity contribution in [2.24, 2.45) is 0 Å². The maximum Gasteiger partial charge on any atom is 0.226 e. The molecule has 6 aromatic rings. The number of benzene rings is 4. The normalized spacial score (nSPS) is 12.5. The van der Waals surface area contributed by atoms with E-state index >= 15 is 0 Å². The second-order valence-electron chi connectivity index (χ2n) is 12.0. The summed E-state index contributed by atoms with van der Waals surface area (Å²) >= 11 is 0. The van der Waals surface area contributed by atoms with Crippen LogP contribution < -0.4 is 0 Å². The molecule has 0 saturated carbocycles. The van der Waals surface area contributed by atoms with Crippen LogP contribution in [-0.4, -0.2) is 9.97 Å². The highest BCUT2D eigenvalue weighted by atomic mass is 16.3. The van der Waals surface area contributed by atoms with Gasteiger partial charge in [-0.25, -0.2) is 9.97 Å². The van der Waals surface area contributed by atoms with Gasteiger partial charge in [0.15, 0.2) is 0 Å². The minimum absolute atomic E-state index is 0.120. The lowest BCUT2D eigenvalue weighted by Gasteiger charge is -2.17. The van der Waals surface area contributed by atoms with Crippen LogP contribution in [0.1, 0.15) is 52.9 Å². The first-order valence-corrected chi connectivity index (χ1v) is 13.1. The minimum atomic E-state index is -0.120. The summed E-state index contributed by atoms with van der Waals surface area (Å²) in [6.07, 6.45) is 3.56. The van der Waals surface area contributed by atoms with Gasteiger partial charge in [0.05, 0.1) is 11.4 Å². The third kappa shape index (κ3) is 4.10. The van der Waals surface area contributed by atoms with Crippen LogP contribution in [0.4, 0.5) is 0 Å². The molecule has 4 aromatic carbocycles. The summed E-state index contributed by atoms with van der Waals surface area (Å²) in [5.41, 5.74) is 5.62. The van der Waals surface area contributed by atoms with E-state index in [1.165, 1.54) is 0 Å².